The van der Waals surface area contributed by atoms with E-state index in [0.717, 1.165) is 0 Å². The number of fused-ring (bicyclic) bond motifs is 1. The van der Waals surface area contributed by atoms with Crippen LogP contribution in [0.4, 0.5) is 10.1 Å². The van der Waals surface area contributed by atoms with E-state index in [1.54, 1.807) is 24.3 Å². The summed E-state index contributed by atoms with van der Waals surface area (Å²) >= 11 is 0. The van der Waals surface area contributed by atoms with E-state index in [-0.39, 0.29) is 43.5 Å². The molecule has 0 aromatic heterocycles. The molecule has 4 amide bonds. The summed E-state index contributed by atoms with van der Waals surface area (Å²) in [7, 11) is 0. The lowest BCUT2D eigenvalue weighted by atomic mass is 10.0. The largest absolute Gasteiger partial charge is 0.483 e. The fraction of sp³-hybridized carbons (Fsp3) is 0.238. The Bertz CT molecular complexity index is 1050. The number of rotatable bonds is 5. The van der Waals surface area contributed by atoms with Crippen molar-refractivity contribution in [3.63, 3.8) is 0 Å². The van der Waals surface area contributed by atoms with Crippen LogP contribution in [-0.4, -0.2) is 41.2 Å². The summed E-state index contributed by atoms with van der Waals surface area (Å²) in [6.45, 7) is -0.247. The summed E-state index contributed by atoms with van der Waals surface area (Å²) in [6, 6.07) is 9.90. The van der Waals surface area contributed by atoms with E-state index in [0.29, 0.717) is 16.9 Å². The number of carbonyl (C=O) groups is 4. The van der Waals surface area contributed by atoms with Gasteiger partial charge in [-0.3, -0.25) is 24.5 Å². The van der Waals surface area contributed by atoms with Crippen LogP contribution in [0.15, 0.2) is 42.5 Å². The Morgan fingerprint density at radius 2 is 1.97 bits per heavy atom. The van der Waals surface area contributed by atoms with Crippen molar-refractivity contribution in [2.45, 2.75) is 25.4 Å². The number of amides is 4. The summed E-state index contributed by atoms with van der Waals surface area (Å²) in [5, 5.41) is 4.68. The Labute approximate surface area is 171 Å². The number of para-hydroxylation sites is 1. The molecule has 30 heavy (non-hydrogen) atoms. The second kappa shape index (κ2) is 7.94. The molecular formula is C21H18FN3O5. The Kier molecular flexibility index (Phi) is 5.18. The van der Waals surface area contributed by atoms with Gasteiger partial charge in [-0.05, 0) is 30.7 Å². The molecule has 2 N–H and O–H groups in total. The van der Waals surface area contributed by atoms with Crippen molar-refractivity contribution < 1.29 is 28.3 Å². The minimum Gasteiger partial charge on any atom is -0.483 e. The summed E-state index contributed by atoms with van der Waals surface area (Å²) in [4.78, 5) is 49.8. The quantitative estimate of drug-likeness (QED) is 0.728. The first kappa shape index (κ1) is 19.6. The van der Waals surface area contributed by atoms with Crippen molar-refractivity contribution in [1.82, 2.24) is 10.2 Å². The van der Waals surface area contributed by atoms with Gasteiger partial charge in [-0.15, -0.1) is 0 Å². The number of nitrogens with zero attached hydrogens (tertiary/aromatic N) is 1. The number of piperidine rings is 1. The Morgan fingerprint density at radius 3 is 2.73 bits per heavy atom. The second-order valence-corrected chi connectivity index (χ2v) is 7.00. The molecule has 2 aliphatic heterocycles. The van der Waals surface area contributed by atoms with Crippen LogP contribution in [0, 0.1) is 5.82 Å². The van der Waals surface area contributed by atoms with Gasteiger partial charge in [0, 0.05) is 17.5 Å². The van der Waals surface area contributed by atoms with Gasteiger partial charge < -0.3 is 15.0 Å². The van der Waals surface area contributed by atoms with E-state index in [4.69, 9.17) is 4.74 Å². The van der Waals surface area contributed by atoms with E-state index >= 15 is 0 Å². The summed E-state index contributed by atoms with van der Waals surface area (Å²) in [5.41, 5.74) is 0.987. The van der Waals surface area contributed by atoms with Gasteiger partial charge in [-0.25, -0.2) is 4.39 Å². The smallest absolute Gasteiger partial charge is 0.262 e. The van der Waals surface area contributed by atoms with Gasteiger partial charge in [0.15, 0.2) is 6.61 Å². The monoisotopic (exact) mass is 411 g/mol. The zero-order valence-electron chi connectivity index (χ0n) is 15.8. The molecule has 8 nitrogen and oxygen atoms in total. The fourth-order valence-electron chi connectivity index (χ4n) is 3.58. The van der Waals surface area contributed by atoms with Gasteiger partial charge >= 0.3 is 0 Å². The molecule has 2 aromatic rings. The molecule has 1 fully saturated rings. The molecule has 1 saturated heterocycles. The molecule has 4 rings (SSSR count). The number of anilines is 1. The maximum absolute atomic E-state index is 13.7. The Hall–Kier alpha value is -3.75. The lowest BCUT2D eigenvalue weighted by Gasteiger charge is -2.29. The number of hydrogen-bond acceptors (Lipinski definition) is 5. The minimum atomic E-state index is -0.736. The van der Waals surface area contributed by atoms with Crippen LogP contribution >= 0.6 is 0 Å². The van der Waals surface area contributed by atoms with E-state index < -0.39 is 23.7 Å². The number of hydrogen-bond donors (Lipinski definition) is 2. The van der Waals surface area contributed by atoms with E-state index in [1.807, 2.05) is 0 Å². The predicted octanol–water partition coefficient (Wildman–Crippen LogP) is 1.60. The van der Waals surface area contributed by atoms with Crippen LogP contribution in [0.25, 0.3) is 0 Å². The molecule has 9 heteroatoms. The number of carbonyl (C=O) groups excluding carboxylic acids is 4. The van der Waals surface area contributed by atoms with Crippen molar-refractivity contribution in [2.75, 3.05) is 11.9 Å². The fourth-order valence-corrected chi connectivity index (χ4v) is 3.58. The van der Waals surface area contributed by atoms with Gasteiger partial charge in [0.05, 0.1) is 12.2 Å². The average Bonchev–Trinajstić information content (AvgIpc) is 3.05. The first-order valence-electron chi connectivity index (χ1n) is 9.38. The molecule has 2 aliphatic rings. The van der Waals surface area contributed by atoms with Crippen LogP contribution < -0.4 is 15.4 Å². The van der Waals surface area contributed by atoms with Gasteiger partial charge in [-0.2, -0.15) is 0 Å². The molecule has 154 valence electrons. The molecular weight excluding hydrogens is 393 g/mol. The molecule has 0 saturated carbocycles. The number of imide groups is 1. The molecule has 1 unspecified atom stereocenters. The number of halogens is 1. The molecule has 0 bridgehead atoms. The van der Waals surface area contributed by atoms with Crippen LogP contribution in [0.3, 0.4) is 0 Å². The van der Waals surface area contributed by atoms with Crippen LogP contribution in [0.2, 0.25) is 0 Å². The van der Waals surface area contributed by atoms with Crippen molar-refractivity contribution in [3.05, 3.63) is 59.4 Å². The number of nitrogens with one attached hydrogen (secondary N) is 2. The predicted molar refractivity (Wildman–Crippen MR) is 103 cm³/mol. The third kappa shape index (κ3) is 3.73. The molecule has 2 aromatic carbocycles. The zero-order chi connectivity index (χ0) is 21.3. The summed E-state index contributed by atoms with van der Waals surface area (Å²) < 4.78 is 19.2. The molecule has 1 atom stereocenters. The first-order chi connectivity index (χ1) is 14.4. The van der Waals surface area contributed by atoms with Crippen molar-refractivity contribution in [3.8, 4) is 5.75 Å². The summed E-state index contributed by atoms with van der Waals surface area (Å²) in [6.07, 6.45) is 0.418. The first-order valence-corrected chi connectivity index (χ1v) is 9.38. The zero-order valence-corrected chi connectivity index (χ0v) is 15.8. The maximum Gasteiger partial charge on any atom is 0.262 e. The van der Waals surface area contributed by atoms with Gasteiger partial charge in [0.1, 0.15) is 17.6 Å². The highest BCUT2D eigenvalue weighted by Crippen LogP contribution is 2.33. The third-order valence-corrected chi connectivity index (χ3v) is 5.05. The highest BCUT2D eigenvalue weighted by atomic mass is 19.1. The minimum absolute atomic E-state index is 0.0450. The van der Waals surface area contributed by atoms with Crippen LogP contribution in [0.5, 0.6) is 5.75 Å². The van der Waals surface area contributed by atoms with Crippen LogP contribution in [-0.2, 0) is 20.9 Å². The highest BCUT2D eigenvalue weighted by molar-refractivity contribution is 6.05. The second-order valence-electron chi connectivity index (χ2n) is 7.00. The molecule has 0 spiro atoms. The number of ether oxygens (including phenoxy) is 1. The lowest BCUT2D eigenvalue weighted by Crippen LogP contribution is -2.52. The van der Waals surface area contributed by atoms with Gasteiger partial charge in [0.2, 0.25) is 11.8 Å². The number of benzene rings is 2. The van der Waals surface area contributed by atoms with Crippen molar-refractivity contribution >= 4 is 29.3 Å². The topological polar surface area (TPSA) is 105 Å². The standard InChI is InChI=1S/C21H18FN3O5/c22-14-5-1-2-6-15(14)23-19(27)11-30-17-7-3-4-12-13(17)10-25(21(12)29)16-8-9-18(26)24-20(16)28/h1-7,16H,8-11H2,(H,23,27)(H,24,26,28). The third-order valence-electron chi connectivity index (χ3n) is 5.05. The van der Waals surface area contributed by atoms with E-state index in [1.165, 1.54) is 23.1 Å². The van der Waals surface area contributed by atoms with Gasteiger partial charge in [0.25, 0.3) is 11.8 Å². The van der Waals surface area contributed by atoms with Crippen molar-refractivity contribution in [1.29, 1.82) is 0 Å². The summed E-state index contributed by atoms with van der Waals surface area (Å²) in [5.74, 6) is -1.97. The van der Waals surface area contributed by atoms with Gasteiger partial charge in [-0.1, -0.05) is 18.2 Å². The molecule has 0 aliphatic carbocycles. The van der Waals surface area contributed by atoms with Crippen molar-refractivity contribution in [2.24, 2.45) is 0 Å². The van der Waals surface area contributed by atoms with E-state index in [2.05, 4.69) is 10.6 Å². The maximum atomic E-state index is 13.7. The Balaban J connectivity index is 1.45. The highest BCUT2D eigenvalue weighted by Gasteiger charge is 2.40. The lowest BCUT2D eigenvalue weighted by molar-refractivity contribution is -0.137. The molecule has 0 radical (unpaired) electrons. The molecule has 2 heterocycles. The average molecular weight is 411 g/mol. The Morgan fingerprint density at radius 1 is 1.17 bits per heavy atom. The van der Waals surface area contributed by atoms with E-state index in [9.17, 15) is 23.6 Å². The van der Waals surface area contributed by atoms with Crippen LogP contribution in [0.1, 0.15) is 28.8 Å². The SMILES string of the molecule is O=C1CCC(N2Cc3c(OCC(=O)Nc4ccccc4F)cccc3C2=O)C(=O)N1. The normalized spacial score (nSPS) is 18.1.